The number of fused-ring (bicyclic) bond motifs is 1. The van der Waals surface area contributed by atoms with Crippen molar-refractivity contribution in [3.63, 3.8) is 0 Å². The Balaban J connectivity index is 1.49. The summed E-state index contributed by atoms with van der Waals surface area (Å²) >= 11 is 1.34. The van der Waals surface area contributed by atoms with E-state index in [9.17, 15) is 10.1 Å². The second kappa shape index (κ2) is 8.81. The first-order valence-electron chi connectivity index (χ1n) is 10.5. The highest BCUT2D eigenvalue weighted by atomic mass is 32.2. The molecule has 1 amide bonds. The number of carbonyl (C=O) groups is 1. The number of hydrogen-bond acceptors (Lipinski definition) is 4. The first-order valence-corrected chi connectivity index (χ1v) is 11.3. The van der Waals surface area contributed by atoms with Crippen LogP contribution in [0.5, 0.6) is 0 Å². The fourth-order valence-electron chi connectivity index (χ4n) is 3.91. The number of nitrogens with one attached hydrogen (secondary N) is 1. The predicted molar refractivity (Wildman–Crippen MR) is 134 cm³/mol. The summed E-state index contributed by atoms with van der Waals surface area (Å²) in [5, 5.41) is 13.9. The highest BCUT2D eigenvalue weighted by Crippen LogP contribution is 2.31. The van der Waals surface area contributed by atoms with Gasteiger partial charge in [0.2, 0.25) is 0 Å². The number of hydrogen-bond donors (Lipinski definition) is 1. The van der Waals surface area contributed by atoms with Crippen LogP contribution in [0.15, 0.2) is 88.9 Å². The van der Waals surface area contributed by atoms with Crippen LogP contribution >= 0.6 is 11.8 Å². The summed E-state index contributed by atoms with van der Waals surface area (Å²) in [6, 6.07) is 25.8. The highest BCUT2D eigenvalue weighted by Gasteiger charge is 2.24. The molecule has 33 heavy (non-hydrogen) atoms. The van der Waals surface area contributed by atoms with Gasteiger partial charge in [0, 0.05) is 29.2 Å². The molecule has 0 radical (unpaired) electrons. The largest absolute Gasteiger partial charge is 0.342 e. The molecule has 0 bridgehead atoms. The summed E-state index contributed by atoms with van der Waals surface area (Å²) in [6.45, 7) is 2.59. The smallest absolute Gasteiger partial charge is 0.264 e. The standard InChI is InChI=1S/C27H20N4OS/c1-18-7-6-10-22(13-18)29-27-30-26(32)25(33-27)14-21-17-31(24-12-5-4-11-23(21)24)16-20-9-3-2-8-19(20)15-28/h2-14,17H,16H2,1H3,(H,29,30,32)/b25-14-. The van der Waals surface area contributed by atoms with E-state index in [0.29, 0.717) is 22.2 Å². The van der Waals surface area contributed by atoms with Crippen LogP contribution in [0, 0.1) is 18.3 Å². The van der Waals surface area contributed by atoms with Gasteiger partial charge in [-0.3, -0.25) is 4.79 Å². The van der Waals surface area contributed by atoms with Gasteiger partial charge >= 0.3 is 0 Å². The van der Waals surface area contributed by atoms with Gasteiger partial charge in [0.1, 0.15) is 0 Å². The molecule has 2 heterocycles. The molecule has 1 aliphatic heterocycles. The Morgan fingerprint density at radius 1 is 1.09 bits per heavy atom. The van der Waals surface area contributed by atoms with Crippen molar-refractivity contribution in [2.75, 3.05) is 0 Å². The van der Waals surface area contributed by atoms with Crippen molar-refractivity contribution in [3.8, 4) is 6.07 Å². The Hall–Kier alpha value is -4.08. The lowest BCUT2D eigenvalue weighted by molar-refractivity contribution is -0.115. The van der Waals surface area contributed by atoms with E-state index in [0.717, 1.165) is 33.3 Å². The molecule has 6 heteroatoms. The topological polar surface area (TPSA) is 70.2 Å². The molecule has 160 valence electrons. The van der Waals surface area contributed by atoms with Crippen LogP contribution in [0.2, 0.25) is 0 Å². The molecule has 0 aliphatic carbocycles. The van der Waals surface area contributed by atoms with Gasteiger partial charge in [0.05, 0.1) is 22.2 Å². The Morgan fingerprint density at radius 3 is 2.76 bits per heavy atom. The van der Waals surface area contributed by atoms with Crippen LogP contribution in [-0.2, 0) is 11.3 Å². The van der Waals surface area contributed by atoms with Gasteiger partial charge in [-0.1, -0.05) is 48.5 Å². The maximum atomic E-state index is 12.6. The Bertz CT molecular complexity index is 1490. The van der Waals surface area contributed by atoms with Crippen molar-refractivity contribution in [1.29, 1.82) is 5.26 Å². The number of carbonyl (C=O) groups excluding carboxylic acids is 1. The van der Waals surface area contributed by atoms with E-state index in [1.807, 2.05) is 85.9 Å². The SMILES string of the molecule is Cc1cccc(N=C2NC(=O)/C(=C/c3cn(Cc4ccccc4C#N)c4ccccc34)S2)c1. The summed E-state index contributed by atoms with van der Waals surface area (Å²) in [5.74, 6) is -0.155. The molecule has 3 aromatic carbocycles. The molecule has 0 spiro atoms. The summed E-state index contributed by atoms with van der Waals surface area (Å²) < 4.78 is 2.12. The number of amidine groups is 1. The van der Waals surface area contributed by atoms with Crippen LogP contribution in [0.1, 0.15) is 22.3 Å². The minimum atomic E-state index is -0.155. The average molecular weight is 449 g/mol. The number of rotatable bonds is 4. The van der Waals surface area contributed by atoms with Crippen LogP contribution in [0.3, 0.4) is 0 Å². The van der Waals surface area contributed by atoms with Gasteiger partial charge in [0.25, 0.3) is 5.91 Å². The van der Waals surface area contributed by atoms with Crippen LogP contribution < -0.4 is 5.32 Å². The molecule has 5 nitrogen and oxygen atoms in total. The zero-order chi connectivity index (χ0) is 22.8. The van der Waals surface area contributed by atoms with Crippen LogP contribution in [-0.4, -0.2) is 15.6 Å². The second-order valence-corrected chi connectivity index (χ2v) is 8.85. The maximum absolute atomic E-state index is 12.6. The third-order valence-corrected chi connectivity index (χ3v) is 6.38. The molecule has 1 fully saturated rings. The van der Waals surface area contributed by atoms with E-state index in [-0.39, 0.29) is 5.91 Å². The number of amides is 1. The number of aromatic nitrogens is 1. The van der Waals surface area contributed by atoms with E-state index in [1.165, 1.54) is 11.8 Å². The minimum absolute atomic E-state index is 0.155. The molecule has 1 saturated heterocycles. The Labute approximate surface area is 196 Å². The van der Waals surface area contributed by atoms with Gasteiger partial charge in [-0.15, -0.1) is 0 Å². The summed E-state index contributed by atoms with van der Waals surface area (Å²) in [6.07, 6.45) is 3.95. The summed E-state index contributed by atoms with van der Waals surface area (Å²) in [4.78, 5) is 17.8. The lowest BCUT2D eigenvalue weighted by atomic mass is 10.1. The number of para-hydroxylation sites is 1. The molecule has 1 aliphatic rings. The zero-order valence-corrected chi connectivity index (χ0v) is 18.8. The van der Waals surface area contributed by atoms with Crippen molar-refractivity contribution >= 4 is 45.5 Å². The lowest BCUT2D eigenvalue weighted by Gasteiger charge is -2.07. The number of benzene rings is 3. The molecular weight excluding hydrogens is 428 g/mol. The molecule has 5 rings (SSSR count). The minimum Gasteiger partial charge on any atom is -0.342 e. The van der Waals surface area contributed by atoms with Crippen LogP contribution in [0.4, 0.5) is 5.69 Å². The van der Waals surface area contributed by atoms with Gasteiger partial charge in [0.15, 0.2) is 5.17 Å². The Kier molecular flexibility index (Phi) is 5.55. The number of aliphatic imine (C=N–C) groups is 1. The number of thioether (sulfide) groups is 1. The zero-order valence-electron chi connectivity index (χ0n) is 17.9. The number of nitrogens with zero attached hydrogens (tertiary/aromatic N) is 3. The molecule has 1 aromatic heterocycles. The molecule has 0 atom stereocenters. The van der Waals surface area contributed by atoms with Crippen LogP contribution in [0.25, 0.3) is 17.0 Å². The second-order valence-electron chi connectivity index (χ2n) is 7.82. The van der Waals surface area contributed by atoms with Crippen molar-refractivity contribution in [3.05, 3.63) is 106 Å². The maximum Gasteiger partial charge on any atom is 0.264 e. The van der Waals surface area contributed by atoms with E-state index in [2.05, 4.69) is 27.0 Å². The van der Waals surface area contributed by atoms with Gasteiger partial charge < -0.3 is 9.88 Å². The van der Waals surface area contributed by atoms with Crippen molar-refractivity contribution in [1.82, 2.24) is 9.88 Å². The molecule has 0 saturated carbocycles. The van der Waals surface area contributed by atoms with Gasteiger partial charge in [-0.05, 0) is 60.2 Å². The third kappa shape index (κ3) is 4.32. The first kappa shape index (κ1) is 20.8. The monoisotopic (exact) mass is 448 g/mol. The van der Waals surface area contributed by atoms with Gasteiger partial charge in [-0.25, -0.2) is 4.99 Å². The van der Waals surface area contributed by atoms with E-state index in [4.69, 9.17) is 0 Å². The summed E-state index contributed by atoms with van der Waals surface area (Å²) in [5.41, 5.74) is 5.56. The van der Waals surface area contributed by atoms with Gasteiger partial charge in [-0.2, -0.15) is 5.26 Å². The molecular formula is C27H20N4OS. The molecule has 1 N–H and O–H groups in total. The van der Waals surface area contributed by atoms with E-state index >= 15 is 0 Å². The normalized spacial score (nSPS) is 15.8. The quantitative estimate of drug-likeness (QED) is 0.404. The average Bonchev–Trinajstić information content (AvgIpc) is 3.34. The van der Waals surface area contributed by atoms with Crippen molar-refractivity contribution in [2.24, 2.45) is 4.99 Å². The summed E-state index contributed by atoms with van der Waals surface area (Å²) in [7, 11) is 0. The molecule has 4 aromatic rings. The van der Waals surface area contributed by atoms with E-state index in [1.54, 1.807) is 0 Å². The third-order valence-electron chi connectivity index (χ3n) is 5.47. The van der Waals surface area contributed by atoms with Crippen molar-refractivity contribution in [2.45, 2.75) is 13.5 Å². The van der Waals surface area contributed by atoms with E-state index < -0.39 is 0 Å². The predicted octanol–water partition coefficient (Wildman–Crippen LogP) is 5.76. The van der Waals surface area contributed by atoms with Crippen molar-refractivity contribution < 1.29 is 4.79 Å². The number of nitriles is 1. The fourth-order valence-corrected chi connectivity index (χ4v) is 4.74. The Morgan fingerprint density at radius 2 is 1.91 bits per heavy atom. The highest BCUT2D eigenvalue weighted by molar-refractivity contribution is 8.18. The first-order chi connectivity index (χ1) is 16.1. The lowest BCUT2D eigenvalue weighted by Crippen LogP contribution is -2.19. The number of aryl methyl sites for hydroxylation is 1. The molecule has 0 unspecified atom stereocenters. The fraction of sp³-hybridized carbons (Fsp3) is 0.0741.